The molecule has 28 heavy (non-hydrogen) atoms. The van der Waals surface area contributed by atoms with E-state index < -0.39 is 0 Å². The maximum absolute atomic E-state index is 9.66. The molecule has 3 aliphatic rings. The highest BCUT2D eigenvalue weighted by molar-refractivity contribution is 5.33. The summed E-state index contributed by atoms with van der Waals surface area (Å²) in [6.07, 6.45) is 7.74. The lowest BCUT2D eigenvalue weighted by Crippen LogP contribution is -2.42. The number of aliphatic hydroxyl groups excluding tert-OH is 1. The van der Waals surface area contributed by atoms with Crippen LogP contribution < -0.4 is 0 Å². The van der Waals surface area contributed by atoms with Gasteiger partial charge >= 0.3 is 0 Å². The number of hydrogen-bond donors (Lipinski definition) is 1. The first-order valence-corrected chi connectivity index (χ1v) is 10.8. The maximum atomic E-state index is 9.66. The number of aromatic nitrogens is 3. The van der Waals surface area contributed by atoms with Gasteiger partial charge in [-0.3, -0.25) is 14.5 Å². The van der Waals surface area contributed by atoms with Crippen molar-refractivity contribution in [1.82, 2.24) is 24.8 Å². The molecule has 6 heteroatoms. The van der Waals surface area contributed by atoms with Gasteiger partial charge in [-0.05, 0) is 62.2 Å². The van der Waals surface area contributed by atoms with Crippen molar-refractivity contribution in [3.63, 3.8) is 0 Å². The van der Waals surface area contributed by atoms with Crippen LogP contribution in [0.2, 0.25) is 0 Å². The van der Waals surface area contributed by atoms with Gasteiger partial charge in [0, 0.05) is 38.4 Å². The number of piperidine rings is 1. The number of rotatable bonds is 5. The van der Waals surface area contributed by atoms with Crippen molar-refractivity contribution in [1.29, 1.82) is 0 Å². The van der Waals surface area contributed by atoms with Gasteiger partial charge in [0.1, 0.15) is 0 Å². The van der Waals surface area contributed by atoms with E-state index in [-0.39, 0.29) is 6.10 Å². The molecule has 0 bridgehead atoms. The summed E-state index contributed by atoms with van der Waals surface area (Å²) >= 11 is 0. The van der Waals surface area contributed by atoms with Crippen molar-refractivity contribution >= 4 is 0 Å². The van der Waals surface area contributed by atoms with Crippen LogP contribution in [0, 0.1) is 5.92 Å². The third kappa shape index (κ3) is 4.00. The Labute approximate surface area is 167 Å². The first kappa shape index (κ1) is 18.3. The molecular formula is C22H31N5O. The second-order valence-corrected chi connectivity index (χ2v) is 8.92. The summed E-state index contributed by atoms with van der Waals surface area (Å²) in [7, 11) is 0. The molecule has 1 aromatic heterocycles. The van der Waals surface area contributed by atoms with Crippen molar-refractivity contribution < 1.29 is 5.11 Å². The Balaban J connectivity index is 1.09. The van der Waals surface area contributed by atoms with Gasteiger partial charge in [0.15, 0.2) is 0 Å². The molecule has 1 atom stereocenters. The van der Waals surface area contributed by atoms with Crippen LogP contribution in [0.25, 0.3) is 0 Å². The Morgan fingerprint density at radius 2 is 1.75 bits per heavy atom. The molecule has 2 saturated heterocycles. The number of β-amino-alcohol motifs (C(OH)–C–C–N with tert-alkyl or cyclic N) is 1. The fraction of sp³-hybridized carbons (Fsp3) is 0.636. The summed E-state index contributed by atoms with van der Waals surface area (Å²) in [6.45, 7) is 5.91. The Kier molecular flexibility index (Phi) is 5.18. The zero-order chi connectivity index (χ0) is 18.9. The summed E-state index contributed by atoms with van der Waals surface area (Å²) in [5.41, 5.74) is 4.13. The van der Waals surface area contributed by atoms with Gasteiger partial charge in [-0.1, -0.05) is 29.5 Å². The van der Waals surface area contributed by atoms with E-state index in [4.69, 9.17) is 0 Å². The third-order valence-electron chi connectivity index (χ3n) is 6.86. The van der Waals surface area contributed by atoms with E-state index in [1.807, 2.05) is 4.68 Å². The van der Waals surface area contributed by atoms with Gasteiger partial charge in [-0.15, -0.1) is 5.10 Å². The number of fused-ring (bicyclic) bond motifs is 1. The van der Waals surface area contributed by atoms with Crippen LogP contribution in [0.5, 0.6) is 0 Å². The molecule has 2 aliphatic heterocycles. The smallest absolute Gasteiger partial charge is 0.0967 e. The fourth-order valence-corrected chi connectivity index (χ4v) is 5.24. The Morgan fingerprint density at radius 1 is 1.00 bits per heavy atom. The fourth-order valence-electron chi connectivity index (χ4n) is 5.24. The SMILES string of the molecule is O[C@H]1CCN(Cc2cn(CC3CCN(C4Cc5ccccc5C4)CC3)nn2)C1. The molecule has 0 saturated carbocycles. The van der Waals surface area contributed by atoms with Crippen molar-refractivity contribution in [2.75, 3.05) is 26.2 Å². The van der Waals surface area contributed by atoms with Crippen LogP contribution in [0.15, 0.2) is 30.5 Å². The van der Waals surface area contributed by atoms with Gasteiger partial charge in [0.2, 0.25) is 0 Å². The molecule has 6 nitrogen and oxygen atoms in total. The van der Waals surface area contributed by atoms with E-state index in [9.17, 15) is 5.11 Å². The Morgan fingerprint density at radius 3 is 2.43 bits per heavy atom. The lowest BCUT2D eigenvalue weighted by Gasteiger charge is -2.35. The van der Waals surface area contributed by atoms with E-state index in [1.54, 1.807) is 11.1 Å². The van der Waals surface area contributed by atoms with Crippen molar-refractivity contribution in [2.45, 2.75) is 57.3 Å². The normalized spacial score (nSPS) is 24.8. The molecule has 0 radical (unpaired) electrons. The first-order chi connectivity index (χ1) is 13.7. The van der Waals surface area contributed by atoms with Crippen LogP contribution in [0.3, 0.4) is 0 Å². The molecule has 1 aromatic carbocycles. The first-order valence-electron chi connectivity index (χ1n) is 10.8. The molecule has 1 N–H and O–H groups in total. The minimum atomic E-state index is -0.173. The predicted octanol–water partition coefficient (Wildman–Crippen LogP) is 1.72. The van der Waals surface area contributed by atoms with E-state index in [0.717, 1.165) is 38.3 Å². The maximum Gasteiger partial charge on any atom is 0.0967 e. The van der Waals surface area contributed by atoms with Gasteiger partial charge in [-0.2, -0.15) is 0 Å². The number of aliphatic hydroxyl groups is 1. The summed E-state index contributed by atoms with van der Waals surface area (Å²) in [4.78, 5) is 4.97. The number of likely N-dealkylation sites (tertiary alicyclic amines) is 2. The molecule has 2 aromatic rings. The Bertz CT molecular complexity index is 773. The lowest BCUT2D eigenvalue weighted by atomic mass is 9.95. The van der Waals surface area contributed by atoms with Crippen LogP contribution in [-0.2, 0) is 25.9 Å². The van der Waals surface area contributed by atoms with Crippen molar-refractivity contribution in [3.8, 4) is 0 Å². The van der Waals surface area contributed by atoms with Crippen LogP contribution in [-0.4, -0.2) is 68.2 Å². The summed E-state index contributed by atoms with van der Waals surface area (Å²) in [5.74, 6) is 0.697. The van der Waals surface area contributed by atoms with Gasteiger partial charge in [0.25, 0.3) is 0 Å². The summed E-state index contributed by atoms with van der Waals surface area (Å²) < 4.78 is 2.04. The number of benzene rings is 1. The zero-order valence-corrected chi connectivity index (χ0v) is 16.6. The van der Waals surface area contributed by atoms with Gasteiger partial charge in [0.05, 0.1) is 11.8 Å². The molecule has 1 aliphatic carbocycles. The van der Waals surface area contributed by atoms with E-state index in [1.165, 1.54) is 38.8 Å². The van der Waals surface area contributed by atoms with Crippen molar-refractivity contribution in [3.05, 3.63) is 47.3 Å². The van der Waals surface area contributed by atoms with E-state index in [2.05, 4.69) is 50.6 Å². The second-order valence-electron chi connectivity index (χ2n) is 8.92. The van der Waals surface area contributed by atoms with Crippen LogP contribution in [0.1, 0.15) is 36.1 Å². The highest BCUT2D eigenvalue weighted by Gasteiger charge is 2.30. The molecule has 0 unspecified atom stereocenters. The zero-order valence-electron chi connectivity index (χ0n) is 16.6. The molecule has 0 spiro atoms. The number of hydrogen-bond acceptors (Lipinski definition) is 5. The molecular weight excluding hydrogens is 350 g/mol. The van der Waals surface area contributed by atoms with E-state index in [0.29, 0.717) is 12.0 Å². The average molecular weight is 382 g/mol. The average Bonchev–Trinajstić information content (AvgIpc) is 3.43. The minimum Gasteiger partial charge on any atom is -0.392 e. The molecule has 0 amide bonds. The summed E-state index contributed by atoms with van der Waals surface area (Å²) in [6, 6.07) is 9.64. The number of nitrogens with zero attached hydrogens (tertiary/aromatic N) is 5. The molecule has 150 valence electrons. The largest absolute Gasteiger partial charge is 0.392 e. The van der Waals surface area contributed by atoms with Crippen LogP contribution in [0.4, 0.5) is 0 Å². The quantitative estimate of drug-likeness (QED) is 0.855. The lowest BCUT2D eigenvalue weighted by molar-refractivity contribution is 0.127. The molecule has 5 rings (SSSR count). The molecule has 3 heterocycles. The highest BCUT2D eigenvalue weighted by atomic mass is 16.3. The minimum absolute atomic E-state index is 0.173. The second kappa shape index (κ2) is 7.93. The van der Waals surface area contributed by atoms with Gasteiger partial charge < -0.3 is 5.11 Å². The Hall–Kier alpha value is -1.76. The monoisotopic (exact) mass is 381 g/mol. The highest BCUT2D eigenvalue weighted by Crippen LogP contribution is 2.29. The standard InChI is InChI=1S/C22H31N5O/c28-22-7-8-25(16-22)14-20-15-27(24-23-20)13-17-5-9-26(10-6-17)21-11-18-3-1-2-4-19(18)12-21/h1-4,15,17,21-22,28H,5-14,16H2/t22-/m0/s1. The molecule has 2 fully saturated rings. The van der Waals surface area contributed by atoms with Crippen molar-refractivity contribution in [2.24, 2.45) is 5.92 Å². The predicted molar refractivity (Wildman–Crippen MR) is 108 cm³/mol. The topological polar surface area (TPSA) is 57.4 Å². The van der Waals surface area contributed by atoms with Crippen LogP contribution >= 0.6 is 0 Å². The van der Waals surface area contributed by atoms with Gasteiger partial charge in [-0.25, -0.2) is 0 Å². The summed E-state index contributed by atoms with van der Waals surface area (Å²) in [5, 5.41) is 18.4. The van der Waals surface area contributed by atoms with E-state index >= 15 is 0 Å². The third-order valence-corrected chi connectivity index (χ3v) is 6.86.